The zero-order valence-corrected chi connectivity index (χ0v) is 12.9. The van der Waals surface area contributed by atoms with Gasteiger partial charge in [-0.25, -0.2) is 9.97 Å². The molecule has 0 aliphatic carbocycles. The van der Waals surface area contributed by atoms with Gasteiger partial charge >= 0.3 is 0 Å². The Labute approximate surface area is 139 Å². The molecule has 3 N–H and O–H groups in total. The van der Waals surface area contributed by atoms with Gasteiger partial charge in [0.25, 0.3) is 0 Å². The van der Waals surface area contributed by atoms with Crippen LogP contribution in [0.15, 0.2) is 67.1 Å². The van der Waals surface area contributed by atoms with Crippen molar-refractivity contribution in [2.45, 2.75) is 6.61 Å². The molecule has 0 bridgehead atoms. The second-order valence-corrected chi connectivity index (χ2v) is 5.56. The summed E-state index contributed by atoms with van der Waals surface area (Å²) in [6, 6.07) is 17.8. The van der Waals surface area contributed by atoms with Crippen LogP contribution in [0.4, 0.5) is 5.82 Å². The molecule has 4 rings (SSSR count). The van der Waals surface area contributed by atoms with Gasteiger partial charge in [0, 0.05) is 17.4 Å². The Balaban J connectivity index is 2.02. The zero-order valence-electron chi connectivity index (χ0n) is 12.9. The van der Waals surface area contributed by atoms with E-state index >= 15 is 0 Å². The van der Waals surface area contributed by atoms with E-state index in [2.05, 4.69) is 9.97 Å². The first-order valence-electron chi connectivity index (χ1n) is 7.65. The summed E-state index contributed by atoms with van der Waals surface area (Å²) in [5, 5.41) is 10.2. The molecule has 0 saturated carbocycles. The predicted molar refractivity (Wildman–Crippen MR) is 94.6 cm³/mol. The number of rotatable bonds is 3. The van der Waals surface area contributed by atoms with E-state index in [1.54, 1.807) is 0 Å². The lowest BCUT2D eigenvalue weighted by molar-refractivity contribution is 0.282. The minimum Gasteiger partial charge on any atom is -0.392 e. The van der Waals surface area contributed by atoms with E-state index in [0.29, 0.717) is 5.82 Å². The Hall–Kier alpha value is -3.18. The van der Waals surface area contributed by atoms with Gasteiger partial charge in [0.1, 0.15) is 12.1 Å². The lowest BCUT2D eigenvalue weighted by Crippen LogP contribution is -1.97. The molecule has 2 heterocycles. The number of anilines is 1. The van der Waals surface area contributed by atoms with Crippen molar-refractivity contribution >= 4 is 16.9 Å². The van der Waals surface area contributed by atoms with Crippen molar-refractivity contribution in [2.75, 3.05) is 5.73 Å². The summed E-state index contributed by atoms with van der Waals surface area (Å²) in [4.78, 5) is 8.58. The molecule has 5 nitrogen and oxygen atoms in total. The Bertz CT molecular complexity index is 1010. The highest BCUT2D eigenvalue weighted by atomic mass is 16.3. The number of benzene rings is 2. The van der Waals surface area contributed by atoms with Crippen molar-refractivity contribution in [2.24, 2.45) is 0 Å². The summed E-state index contributed by atoms with van der Waals surface area (Å²) in [6.07, 6.45) is 3.49. The third-order valence-corrected chi connectivity index (χ3v) is 4.07. The summed E-state index contributed by atoms with van der Waals surface area (Å²) in [5.41, 5.74) is 10.7. The Morgan fingerprint density at radius 2 is 1.83 bits per heavy atom. The topological polar surface area (TPSA) is 77.0 Å². The van der Waals surface area contributed by atoms with Crippen LogP contribution in [-0.2, 0) is 6.61 Å². The third kappa shape index (κ3) is 2.31. The van der Waals surface area contributed by atoms with Gasteiger partial charge in [0.05, 0.1) is 12.0 Å². The molecule has 0 unspecified atom stereocenters. The number of hydrogen-bond donors (Lipinski definition) is 2. The van der Waals surface area contributed by atoms with Crippen molar-refractivity contribution in [3.05, 3.63) is 72.7 Å². The maximum Gasteiger partial charge on any atom is 0.150 e. The molecule has 0 saturated heterocycles. The SMILES string of the molecule is Nc1ncnc2c1c(-c1ccccc1)cn2-c1cccc(CO)c1. The molecule has 2 aromatic heterocycles. The molecule has 4 aromatic rings. The average molecular weight is 316 g/mol. The summed E-state index contributed by atoms with van der Waals surface area (Å²) in [7, 11) is 0. The highest BCUT2D eigenvalue weighted by Gasteiger charge is 2.15. The normalized spacial score (nSPS) is 11.0. The van der Waals surface area contributed by atoms with Crippen LogP contribution in [-0.4, -0.2) is 19.6 Å². The third-order valence-electron chi connectivity index (χ3n) is 4.07. The lowest BCUT2D eigenvalue weighted by Gasteiger charge is -2.06. The van der Waals surface area contributed by atoms with E-state index in [1.165, 1.54) is 6.33 Å². The largest absolute Gasteiger partial charge is 0.392 e. The fourth-order valence-electron chi connectivity index (χ4n) is 2.92. The molecule has 0 aliphatic rings. The van der Waals surface area contributed by atoms with Crippen molar-refractivity contribution < 1.29 is 5.11 Å². The first-order valence-corrected chi connectivity index (χ1v) is 7.65. The smallest absolute Gasteiger partial charge is 0.150 e. The molecule has 0 amide bonds. The number of fused-ring (bicyclic) bond motifs is 1. The van der Waals surface area contributed by atoms with E-state index in [1.807, 2.05) is 65.4 Å². The summed E-state index contributed by atoms with van der Waals surface area (Å²) in [6.45, 7) is -0.00426. The number of aromatic nitrogens is 3. The molecule has 0 atom stereocenters. The molecule has 24 heavy (non-hydrogen) atoms. The molecule has 5 heteroatoms. The summed E-state index contributed by atoms with van der Waals surface area (Å²) < 4.78 is 1.98. The van der Waals surface area contributed by atoms with Crippen molar-refractivity contribution in [1.29, 1.82) is 0 Å². The first kappa shape index (κ1) is 14.4. The quantitative estimate of drug-likeness (QED) is 0.608. The molecule has 0 aliphatic heterocycles. The van der Waals surface area contributed by atoms with E-state index in [9.17, 15) is 5.11 Å². The van der Waals surface area contributed by atoms with Gasteiger partial charge in [-0.1, -0.05) is 42.5 Å². The highest BCUT2D eigenvalue weighted by Crippen LogP contribution is 2.34. The minimum absolute atomic E-state index is 0.00426. The molecule has 0 radical (unpaired) electrons. The molecule has 118 valence electrons. The maximum absolute atomic E-state index is 9.39. The second kappa shape index (κ2) is 5.79. The van der Waals surface area contributed by atoms with Crippen LogP contribution >= 0.6 is 0 Å². The fraction of sp³-hybridized carbons (Fsp3) is 0.0526. The van der Waals surface area contributed by atoms with E-state index < -0.39 is 0 Å². The van der Waals surface area contributed by atoms with Crippen LogP contribution < -0.4 is 5.73 Å². The standard InChI is InChI=1S/C19H16N4O/c20-18-17-16(14-6-2-1-3-7-14)10-23(19(17)22-12-21-18)15-8-4-5-13(9-15)11-24/h1-10,12,24H,11H2,(H2,20,21,22). The minimum atomic E-state index is -0.00426. The van der Waals surface area contributed by atoms with Gasteiger partial charge in [0.2, 0.25) is 0 Å². The van der Waals surface area contributed by atoms with Gasteiger partial charge in [-0.15, -0.1) is 0 Å². The van der Waals surface area contributed by atoms with Crippen LogP contribution in [0.3, 0.4) is 0 Å². The molecular weight excluding hydrogens is 300 g/mol. The molecule has 2 aromatic carbocycles. The molecule has 0 spiro atoms. The first-order chi connectivity index (χ1) is 11.8. The van der Waals surface area contributed by atoms with Gasteiger partial charge in [0.15, 0.2) is 5.65 Å². The summed E-state index contributed by atoms with van der Waals surface area (Å²) >= 11 is 0. The van der Waals surface area contributed by atoms with Crippen LogP contribution in [0, 0.1) is 0 Å². The van der Waals surface area contributed by atoms with E-state index in [4.69, 9.17) is 5.73 Å². The number of nitrogens with zero attached hydrogens (tertiary/aromatic N) is 3. The fourth-order valence-corrected chi connectivity index (χ4v) is 2.92. The summed E-state index contributed by atoms with van der Waals surface area (Å²) in [5.74, 6) is 0.455. The van der Waals surface area contributed by atoms with Crippen LogP contribution in [0.1, 0.15) is 5.56 Å². The average Bonchev–Trinajstić information content (AvgIpc) is 3.04. The molecular formula is C19H16N4O. The highest BCUT2D eigenvalue weighted by molar-refractivity contribution is 6.01. The Morgan fingerprint density at radius 3 is 2.62 bits per heavy atom. The van der Waals surface area contributed by atoms with Gasteiger partial charge in [-0.05, 0) is 23.3 Å². The van der Waals surface area contributed by atoms with Gasteiger partial charge < -0.3 is 15.4 Å². The Kier molecular flexibility index (Phi) is 3.48. The number of hydrogen-bond acceptors (Lipinski definition) is 4. The van der Waals surface area contributed by atoms with Gasteiger partial charge in [-0.2, -0.15) is 0 Å². The molecule has 0 fully saturated rings. The van der Waals surface area contributed by atoms with E-state index in [0.717, 1.165) is 33.4 Å². The zero-order chi connectivity index (χ0) is 16.5. The predicted octanol–water partition coefficient (Wildman–Crippen LogP) is 3.16. The Morgan fingerprint density at radius 1 is 1.00 bits per heavy atom. The van der Waals surface area contributed by atoms with Crippen LogP contribution in [0.25, 0.3) is 27.8 Å². The van der Waals surface area contributed by atoms with Crippen molar-refractivity contribution in [1.82, 2.24) is 14.5 Å². The second-order valence-electron chi connectivity index (χ2n) is 5.56. The maximum atomic E-state index is 9.39. The van der Waals surface area contributed by atoms with E-state index in [-0.39, 0.29) is 6.61 Å². The van der Waals surface area contributed by atoms with Crippen LogP contribution in [0.5, 0.6) is 0 Å². The van der Waals surface area contributed by atoms with Crippen molar-refractivity contribution in [3.8, 4) is 16.8 Å². The number of aliphatic hydroxyl groups excluding tert-OH is 1. The lowest BCUT2D eigenvalue weighted by atomic mass is 10.1. The van der Waals surface area contributed by atoms with Gasteiger partial charge in [-0.3, -0.25) is 0 Å². The monoisotopic (exact) mass is 316 g/mol. The number of aliphatic hydroxyl groups is 1. The van der Waals surface area contributed by atoms with Crippen LogP contribution in [0.2, 0.25) is 0 Å². The number of nitrogens with two attached hydrogens (primary N) is 1. The van der Waals surface area contributed by atoms with Crippen molar-refractivity contribution in [3.63, 3.8) is 0 Å². The number of nitrogen functional groups attached to an aromatic ring is 1.